The van der Waals surface area contributed by atoms with Crippen LogP contribution in [0.2, 0.25) is 0 Å². The van der Waals surface area contributed by atoms with E-state index in [4.69, 9.17) is 14.5 Å². The normalized spacial score (nSPS) is 15.8. The monoisotopic (exact) mass is 447 g/mol. The zero-order chi connectivity index (χ0) is 23.4. The van der Waals surface area contributed by atoms with E-state index in [0.29, 0.717) is 29.6 Å². The van der Waals surface area contributed by atoms with Crippen LogP contribution in [-0.4, -0.2) is 60.6 Å². The molecule has 0 aliphatic carbocycles. The maximum atomic E-state index is 13.5. The van der Waals surface area contributed by atoms with E-state index in [1.165, 1.54) is 0 Å². The van der Waals surface area contributed by atoms with Crippen LogP contribution in [0.5, 0.6) is 11.5 Å². The number of amides is 1. The number of carbonyl (C=O) groups is 1. The summed E-state index contributed by atoms with van der Waals surface area (Å²) in [5.41, 5.74) is 2.93. The number of nitrogens with zero attached hydrogens (tertiary/aromatic N) is 5. The second-order valence-electron chi connectivity index (χ2n) is 8.15. The topological polar surface area (TPSA) is 80.7 Å². The van der Waals surface area contributed by atoms with Crippen molar-refractivity contribution in [1.82, 2.24) is 19.9 Å². The minimum absolute atomic E-state index is 0.0456. The Labute approximate surface area is 194 Å². The van der Waals surface area contributed by atoms with Crippen LogP contribution >= 0.6 is 0 Å². The molecule has 1 saturated heterocycles. The van der Waals surface area contributed by atoms with Gasteiger partial charge in [-0.2, -0.15) is 0 Å². The zero-order valence-corrected chi connectivity index (χ0v) is 19.5. The molecule has 1 aliphatic heterocycles. The number of likely N-dealkylation sites (tertiary alicyclic amines) is 1. The molecule has 4 rings (SSSR count). The van der Waals surface area contributed by atoms with E-state index in [0.717, 1.165) is 36.1 Å². The summed E-state index contributed by atoms with van der Waals surface area (Å²) in [6.07, 6.45) is 7.85. The van der Waals surface area contributed by atoms with Crippen molar-refractivity contribution in [3.63, 3.8) is 0 Å². The number of ether oxygens (including phenoxy) is 2. The molecule has 1 aromatic carbocycles. The summed E-state index contributed by atoms with van der Waals surface area (Å²) in [5, 5.41) is 0. The summed E-state index contributed by atoms with van der Waals surface area (Å²) in [6.45, 7) is 0.655. The molecule has 1 fully saturated rings. The van der Waals surface area contributed by atoms with Gasteiger partial charge in [0.2, 0.25) is 5.95 Å². The minimum atomic E-state index is -0.210. The Morgan fingerprint density at radius 2 is 1.82 bits per heavy atom. The Morgan fingerprint density at radius 1 is 1.06 bits per heavy atom. The third kappa shape index (κ3) is 4.46. The summed E-state index contributed by atoms with van der Waals surface area (Å²) in [5.74, 6) is 1.87. The molecule has 33 heavy (non-hydrogen) atoms. The average molecular weight is 448 g/mol. The Morgan fingerprint density at radius 3 is 2.45 bits per heavy atom. The van der Waals surface area contributed by atoms with Crippen LogP contribution < -0.4 is 14.4 Å². The first-order valence-electron chi connectivity index (χ1n) is 11.0. The molecule has 172 valence electrons. The van der Waals surface area contributed by atoms with Crippen molar-refractivity contribution in [2.75, 3.05) is 39.8 Å². The van der Waals surface area contributed by atoms with Gasteiger partial charge in [-0.3, -0.25) is 9.78 Å². The predicted molar refractivity (Wildman–Crippen MR) is 127 cm³/mol. The van der Waals surface area contributed by atoms with Gasteiger partial charge in [0.15, 0.2) is 0 Å². The number of anilines is 1. The molecule has 0 saturated carbocycles. The maximum absolute atomic E-state index is 13.5. The van der Waals surface area contributed by atoms with Crippen molar-refractivity contribution in [3.8, 4) is 22.6 Å². The fourth-order valence-corrected chi connectivity index (χ4v) is 4.28. The number of carbonyl (C=O) groups excluding carboxylic acids is 1. The van der Waals surface area contributed by atoms with E-state index in [1.54, 1.807) is 44.9 Å². The van der Waals surface area contributed by atoms with E-state index in [1.807, 2.05) is 42.1 Å². The van der Waals surface area contributed by atoms with E-state index in [9.17, 15) is 4.79 Å². The highest BCUT2D eigenvalue weighted by molar-refractivity contribution is 5.94. The first-order valence-corrected chi connectivity index (χ1v) is 11.0. The SMILES string of the molecule is COc1cccc(OC)c1-c1cnc(N(C)C)nc1[C@@H]1CCCCN1C(=O)c1cccnc1. The standard InChI is InChI=1S/C25H29N5O3/c1-29(2)25-27-16-18(22-20(32-3)11-7-12-21(22)33-4)23(28-25)19-10-5-6-14-30(19)24(31)17-9-8-13-26-15-17/h7-9,11-13,15-16,19H,5-6,10,14H2,1-4H3/t19-/m0/s1. The highest BCUT2D eigenvalue weighted by Crippen LogP contribution is 2.43. The minimum Gasteiger partial charge on any atom is -0.496 e. The lowest BCUT2D eigenvalue weighted by atomic mass is 9.92. The molecule has 3 heterocycles. The molecule has 8 nitrogen and oxygen atoms in total. The number of methoxy groups -OCH3 is 2. The van der Waals surface area contributed by atoms with E-state index < -0.39 is 0 Å². The van der Waals surface area contributed by atoms with Gasteiger partial charge in [-0.1, -0.05) is 6.07 Å². The van der Waals surface area contributed by atoms with Crippen molar-refractivity contribution < 1.29 is 14.3 Å². The van der Waals surface area contributed by atoms with Crippen LogP contribution in [0.4, 0.5) is 5.95 Å². The van der Waals surface area contributed by atoms with Gasteiger partial charge >= 0.3 is 0 Å². The van der Waals surface area contributed by atoms with Crippen molar-refractivity contribution in [2.45, 2.75) is 25.3 Å². The van der Waals surface area contributed by atoms with Crippen LogP contribution in [0, 0.1) is 0 Å². The van der Waals surface area contributed by atoms with E-state index >= 15 is 0 Å². The third-order valence-electron chi connectivity index (χ3n) is 5.89. The first kappa shape index (κ1) is 22.5. The summed E-state index contributed by atoms with van der Waals surface area (Å²) in [6, 6.07) is 9.04. The lowest BCUT2D eigenvalue weighted by Gasteiger charge is -2.36. The average Bonchev–Trinajstić information content (AvgIpc) is 2.87. The summed E-state index contributed by atoms with van der Waals surface area (Å²) in [7, 11) is 7.07. The molecular weight excluding hydrogens is 418 g/mol. The fraction of sp³-hybridized carbons (Fsp3) is 0.360. The quantitative estimate of drug-likeness (QED) is 0.565. The molecule has 0 spiro atoms. The molecule has 0 radical (unpaired) electrons. The van der Waals surface area contributed by atoms with Gasteiger partial charge in [-0.15, -0.1) is 0 Å². The van der Waals surface area contributed by atoms with Crippen LogP contribution in [-0.2, 0) is 0 Å². The summed E-state index contributed by atoms with van der Waals surface area (Å²) >= 11 is 0. The van der Waals surface area contributed by atoms with Gasteiger partial charge < -0.3 is 19.3 Å². The van der Waals surface area contributed by atoms with Crippen LogP contribution in [0.25, 0.3) is 11.1 Å². The van der Waals surface area contributed by atoms with Crippen molar-refractivity contribution >= 4 is 11.9 Å². The van der Waals surface area contributed by atoms with Crippen LogP contribution in [0.1, 0.15) is 41.4 Å². The van der Waals surface area contributed by atoms with E-state index in [2.05, 4.69) is 9.97 Å². The molecule has 1 atom stereocenters. The molecular formula is C25H29N5O3. The Bertz CT molecular complexity index is 1100. The van der Waals surface area contributed by atoms with Gasteiger partial charge in [0, 0.05) is 44.8 Å². The van der Waals surface area contributed by atoms with Crippen molar-refractivity contribution in [2.24, 2.45) is 0 Å². The maximum Gasteiger partial charge on any atom is 0.255 e. The second kappa shape index (κ2) is 9.85. The number of hydrogen-bond acceptors (Lipinski definition) is 7. The highest BCUT2D eigenvalue weighted by Gasteiger charge is 2.33. The molecule has 0 unspecified atom stereocenters. The largest absolute Gasteiger partial charge is 0.496 e. The summed E-state index contributed by atoms with van der Waals surface area (Å²) in [4.78, 5) is 30.9. The fourth-order valence-electron chi connectivity index (χ4n) is 4.28. The molecule has 0 bridgehead atoms. The number of rotatable bonds is 6. The number of aromatic nitrogens is 3. The lowest BCUT2D eigenvalue weighted by molar-refractivity contribution is 0.0606. The molecule has 8 heteroatoms. The van der Waals surface area contributed by atoms with Gasteiger partial charge in [0.25, 0.3) is 5.91 Å². The molecule has 3 aromatic rings. The van der Waals surface area contributed by atoms with Crippen molar-refractivity contribution in [1.29, 1.82) is 0 Å². The number of hydrogen-bond donors (Lipinski definition) is 0. The number of pyridine rings is 1. The Balaban J connectivity index is 1.89. The van der Waals surface area contributed by atoms with Crippen LogP contribution in [0.3, 0.4) is 0 Å². The molecule has 1 amide bonds. The third-order valence-corrected chi connectivity index (χ3v) is 5.89. The van der Waals surface area contributed by atoms with Gasteiger partial charge in [0.1, 0.15) is 11.5 Å². The summed E-state index contributed by atoms with van der Waals surface area (Å²) < 4.78 is 11.3. The second-order valence-corrected chi connectivity index (χ2v) is 8.15. The molecule has 0 N–H and O–H groups in total. The highest BCUT2D eigenvalue weighted by atomic mass is 16.5. The zero-order valence-electron chi connectivity index (χ0n) is 19.5. The first-order chi connectivity index (χ1) is 16.0. The van der Waals surface area contributed by atoms with Crippen LogP contribution in [0.15, 0.2) is 48.9 Å². The van der Waals surface area contributed by atoms with Gasteiger partial charge in [-0.25, -0.2) is 9.97 Å². The number of benzene rings is 1. The van der Waals surface area contributed by atoms with E-state index in [-0.39, 0.29) is 11.9 Å². The predicted octanol–water partition coefficient (Wildman–Crippen LogP) is 3.99. The molecule has 2 aromatic heterocycles. The van der Waals surface area contributed by atoms with Crippen molar-refractivity contribution in [3.05, 3.63) is 60.2 Å². The Kier molecular flexibility index (Phi) is 6.72. The smallest absolute Gasteiger partial charge is 0.255 e. The lowest BCUT2D eigenvalue weighted by Crippen LogP contribution is -2.39. The van der Waals surface area contributed by atoms with Gasteiger partial charge in [-0.05, 0) is 43.5 Å². The Hall–Kier alpha value is -3.68. The number of piperidine rings is 1. The van der Waals surface area contributed by atoms with Gasteiger partial charge in [0.05, 0.1) is 37.1 Å². The molecule has 1 aliphatic rings.